The number of likely N-dealkylation sites (N-methyl/N-ethyl adjacent to an activating group) is 1. The highest BCUT2D eigenvalue weighted by Gasteiger charge is 2.37. The molecule has 0 aliphatic heterocycles. The second kappa shape index (κ2) is 4.11. The number of nitrogens with zero attached hydrogens (tertiary/aromatic N) is 1. The van der Waals surface area contributed by atoms with Crippen LogP contribution in [0.2, 0.25) is 0 Å². The van der Waals surface area contributed by atoms with E-state index in [1.807, 2.05) is 25.9 Å². The van der Waals surface area contributed by atoms with Crippen molar-refractivity contribution in [2.75, 3.05) is 14.1 Å². The van der Waals surface area contributed by atoms with Gasteiger partial charge >= 0.3 is 0 Å². The van der Waals surface area contributed by atoms with Crippen LogP contribution in [0.3, 0.4) is 0 Å². The maximum atomic E-state index is 5.61. The second-order valence-electron chi connectivity index (χ2n) is 2.84. The zero-order chi connectivity index (χ0) is 9.94. The first-order valence-corrected chi connectivity index (χ1v) is 4.48. The average molecular weight is 205 g/mol. The highest BCUT2D eigenvalue weighted by molar-refractivity contribution is 7.82. The van der Waals surface area contributed by atoms with Crippen LogP contribution in [0.4, 0.5) is 0 Å². The van der Waals surface area contributed by atoms with E-state index in [9.17, 15) is 0 Å². The summed E-state index contributed by atoms with van der Waals surface area (Å²) in [6, 6.07) is 0. The molecule has 0 amide bonds. The molecule has 0 fully saturated rings. The molecule has 12 heavy (non-hydrogen) atoms. The largest absolute Gasteiger partial charge is 0.391 e. The van der Waals surface area contributed by atoms with E-state index in [1.165, 1.54) is 0 Å². The van der Waals surface area contributed by atoms with Crippen LogP contribution in [-0.4, -0.2) is 34.5 Å². The molecule has 0 aliphatic carbocycles. The molecule has 0 aromatic carbocycles. The maximum absolute atomic E-state index is 5.61. The molecule has 0 radical (unpaired) electrons. The topological polar surface area (TPSA) is 55.3 Å². The summed E-state index contributed by atoms with van der Waals surface area (Å²) in [7, 11) is 3.73. The number of hydrogen-bond donors (Lipinski definition) is 2. The highest BCUT2D eigenvalue weighted by atomic mass is 32.1. The molecule has 0 aromatic rings. The van der Waals surface area contributed by atoms with Crippen LogP contribution in [0.1, 0.15) is 13.3 Å². The number of rotatable bonds is 4. The van der Waals surface area contributed by atoms with Gasteiger partial charge in [0.05, 0.1) is 0 Å². The lowest BCUT2D eigenvalue weighted by Gasteiger charge is -2.37. The molecule has 0 spiro atoms. The molecular weight excluding hydrogens is 190 g/mol. The van der Waals surface area contributed by atoms with Crippen LogP contribution in [0.25, 0.3) is 0 Å². The molecule has 0 aromatic heterocycles. The van der Waals surface area contributed by atoms with Gasteiger partial charge in [-0.15, -0.1) is 0 Å². The van der Waals surface area contributed by atoms with Crippen molar-refractivity contribution in [3.63, 3.8) is 0 Å². The van der Waals surface area contributed by atoms with Gasteiger partial charge in [0.15, 0.2) is 0 Å². The van der Waals surface area contributed by atoms with Crippen molar-refractivity contribution < 1.29 is 0 Å². The van der Waals surface area contributed by atoms with Crippen molar-refractivity contribution in [3.8, 4) is 0 Å². The molecule has 0 aliphatic rings. The summed E-state index contributed by atoms with van der Waals surface area (Å²) >= 11 is 9.90. The minimum Gasteiger partial charge on any atom is -0.391 e. The van der Waals surface area contributed by atoms with Crippen LogP contribution in [0, 0.1) is 0 Å². The van der Waals surface area contributed by atoms with E-state index in [0.29, 0.717) is 16.4 Å². The van der Waals surface area contributed by atoms with Crippen molar-refractivity contribution in [1.82, 2.24) is 4.90 Å². The van der Waals surface area contributed by atoms with E-state index in [2.05, 4.69) is 0 Å². The Bertz CT molecular complexity index is 187. The van der Waals surface area contributed by atoms with E-state index in [0.717, 1.165) is 0 Å². The molecule has 70 valence electrons. The quantitative estimate of drug-likeness (QED) is 0.645. The Labute approximate surface area is 84.1 Å². The van der Waals surface area contributed by atoms with Crippen LogP contribution < -0.4 is 11.5 Å². The smallest absolute Gasteiger partial charge is 0.121 e. The summed E-state index contributed by atoms with van der Waals surface area (Å²) in [6.07, 6.45) is 0.699. The van der Waals surface area contributed by atoms with Crippen LogP contribution in [0.15, 0.2) is 0 Å². The van der Waals surface area contributed by atoms with Gasteiger partial charge in [0.25, 0.3) is 0 Å². The molecule has 4 N–H and O–H groups in total. The first-order chi connectivity index (χ1) is 5.39. The molecule has 0 saturated carbocycles. The third kappa shape index (κ3) is 1.73. The van der Waals surface area contributed by atoms with Gasteiger partial charge < -0.3 is 11.5 Å². The standard InChI is InChI=1S/C7H15N3S2/c1-4-7(5(8)11,6(9)12)10(2)3/h4H2,1-3H3,(H2,8,11)(H2,9,12). The number of thiocarbonyl (C=S) groups is 2. The van der Waals surface area contributed by atoms with Gasteiger partial charge in [0.2, 0.25) is 0 Å². The fourth-order valence-electron chi connectivity index (χ4n) is 1.23. The van der Waals surface area contributed by atoms with E-state index in [4.69, 9.17) is 35.9 Å². The van der Waals surface area contributed by atoms with Gasteiger partial charge in [-0.1, -0.05) is 31.4 Å². The minimum atomic E-state index is -0.606. The Kier molecular flexibility index (Phi) is 4.02. The Morgan fingerprint density at radius 2 is 1.58 bits per heavy atom. The second-order valence-corrected chi connectivity index (χ2v) is 3.72. The summed E-state index contributed by atoms with van der Waals surface area (Å²) in [5.74, 6) is 0. The molecular formula is C7H15N3S2. The fourth-order valence-corrected chi connectivity index (χ4v) is 2.17. The molecule has 0 rings (SSSR count). The number of nitrogens with two attached hydrogens (primary N) is 2. The molecule has 0 unspecified atom stereocenters. The third-order valence-electron chi connectivity index (χ3n) is 2.09. The third-order valence-corrected chi connectivity index (χ3v) is 2.77. The van der Waals surface area contributed by atoms with E-state index in [-0.39, 0.29) is 0 Å². The highest BCUT2D eigenvalue weighted by Crippen LogP contribution is 2.17. The van der Waals surface area contributed by atoms with Crippen molar-refractivity contribution in [2.45, 2.75) is 18.9 Å². The first kappa shape index (κ1) is 11.7. The zero-order valence-electron chi connectivity index (χ0n) is 7.63. The van der Waals surface area contributed by atoms with Gasteiger partial charge in [0.1, 0.15) is 15.5 Å². The Morgan fingerprint density at radius 3 is 1.58 bits per heavy atom. The summed E-state index contributed by atoms with van der Waals surface area (Å²) in [5, 5.41) is 0. The van der Waals surface area contributed by atoms with Crippen molar-refractivity contribution in [1.29, 1.82) is 0 Å². The Hall–Kier alpha value is -0.260. The van der Waals surface area contributed by atoms with Crippen LogP contribution in [-0.2, 0) is 0 Å². The van der Waals surface area contributed by atoms with E-state index in [1.54, 1.807) is 0 Å². The molecule has 5 heteroatoms. The molecule has 0 atom stereocenters. The normalized spacial score (nSPS) is 11.7. The zero-order valence-corrected chi connectivity index (χ0v) is 9.26. The fraction of sp³-hybridized carbons (Fsp3) is 0.714. The first-order valence-electron chi connectivity index (χ1n) is 3.66. The predicted octanol–water partition coefficient (Wildman–Crippen LogP) is 0.269. The summed E-state index contributed by atoms with van der Waals surface area (Å²) in [4.78, 5) is 2.53. The lowest BCUT2D eigenvalue weighted by atomic mass is 9.95. The SMILES string of the molecule is CCC(C(N)=S)(C(N)=S)N(C)C. The molecule has 0 saturated heterocycles. The number of hydrogen-bond acceptors (Lipinski definition) is 3. The Morgan fingerprint density at radius 1 is 1.25 bits per heavy atom. The lowest BCUT2D eigenvalue weighted by Crippen LogP contribution is -2.60. The maximum Gasteiger partial charge on any atom is 0.121 e. The minimum absolute atomic E-state index is 0.336. The van der Waals surface area contributed by atoms with E-state index >= 15 is 0 Å². The Balaban J connectivity index is 5.04. The van der Waals surface area contributed by atoms with Gasteiger partial charge in [0, 0.05) is 0 Å². The lowest BCUT2D eigenvalue weighted by molar-refractivity contribution is 0.299. The molecule has 0 heterocycles. The van der Waals surface area contributed by atoms with Gasteiger partial charge in [-0.2, -0.15) is 0 Å². The van der Waals surface area contributed by atoms with Crippen molar-refractivity contribution in [3.05, 3.63) is 0 Å². The molecule has 3 nitrogen and oxygen atoms in total. The van der Waals surface area contributed by atoms with E-state index < -0.39 is 5.54 Å². The summed E-state index contributed by atoms with van der Waals surface area (Å²) in [6.45, 7) is 1.96. The van der Waals surface area contributed by atoms with Gasteiger partial charge in [-0.25, -0.2) is 0 Å². The van der Waals surface area contributed by atoms with Crippen molar-refractivity contribution >= 4 is 34.4 Å². The summed E-state index contributed by atoms with van der Waals surface area (Å²) < 4.78 is 0. The average Bonchev–Trinajstić information content (AvgIpc) is 1.86. The van der Waals surface area contributed by atoms with Crippen LogP contribution in [0.5, 0.6) is 0 Å². The summed E-state index contributed by atoms with van der Waals surface area (Å²) in [5.41, 5.74) is 10.6. The van der Waals surface area contributed by atoms with Gasteiger partial charge in [-0.05, 0) is 20.5 Å². The van der Waals surface area contributed by atoms with Crippen molar-refractivity contribution in [2.24, 2.45) is 11.5 Å². The van der Waals surface area contributed by atoms with Crippen LogP contribution >= 0.6 is 24.4 Å². The van der Waals surface area contributed by atoms with Gasteiger partial charge in [-0.3, -0.25) is 4.90 Å². The predicted molar refractivity (Wildman–Crippen MR) is 60.3 cm³/mol. The molecule has 0 bridgehead atoms. The monoisotopic (exact) mass is 205 g/mol.